The highest BCUT2D eigenvalue weighted by Gasteiger charge is 2.44. The van der Waals surface area contributed by atoms with Crippen molar-refractivity contribution in [2.24, 2.45) is 5.92 Å². The Labute approximate surface area is 135 Å². The fourth-order valence-corrected chi connectivity index (χ4v) is 3.69. The lowest BCUT2D eigenvalue weighted by Gasteiger charge is -2.43. The minimum atomic E-state index is -1.02. The van der Waals surface area contributed by atoms with Gasteiger partial charge in [0, 0.05) is 23.5 Å². The summed E-state index contributed by atoms with van der Waals surface area (Å²) in [4.78, 5) is 0. The maximum atomic E-state index is 10.9. The number of hydrogen-bond donors (Lipinski definition) is 4. The molecule has 3 atom stereocenters. The van der Waals surface area contributed by atoms with Gasteiger partial charge in [0.2, 0.25) is 0 Å². The molecule has 0 spiro atoms. The first-order chi connectivity index (χ1) is 10.8. The van der Waals surface area contributed by atoms with E-state index in [0.29, 0.717) is 17.5 Å². The van der Waals surface area contributed by atoms with E-state index in [2.05, 4.69) is 0 Å². The topological polar surface area (TPSA) is 80.9 Å². The highest BCUT2D eigenvalue weighted by Crippen LogP contribution is 2.50. The van der Waals surface area contributed by atoms with Crippen molar-refractivity contribution in [3.8, 4) is 11.5 Å². The van der Waals surface area contributed by atoms with E-state index >= 15 is 0 Å². The van der Waals surface area contributed by atoms with Crippen molar-refractivity contribution >= 4 is 0 Å². The Morgan fingerprint density at radius 2 is 1.70 bits per heavy atom. The standard InChI is InChI=1S/C19H22O4/c1-19(2,23)15-10-13-14(8-12(20)9-16(13)21)18(22)17(15)11-6-4-3-5-7-11/h3-9,15,17-18,20-23H,10H2,1-2H3. The quantitative estimate of drug-likeness (QED) is 0.687. The third kappa shape index (κ3) is 2.80. The number of hydrogen-bond acceptors (Lipinski definition) is 4. The average Bonchev–Trinajstić information content (AvgIpc) is 2.47. The molecule has 0 aliphatic heterocycles. The van der Waals surface area contributed by atoms with Gasteiger partial charge in [-0.3, -0.25) is 0 Å². The van der Waals surface area contributed by atoms with Crippen molar-refractivity contribution in [2.45, 2.75) is 37.9 Å². The Morgan fingerprint density at radius 1 is 1.04 bits per heavy atom. The summed E-state index contributed by atoms with van der Waals surface area (Å²) in [6.45, 7) is 3.45. The monoisotopic (exact) mass is 314 g/mol. The van der Waals surface area contributed by atoms with Gasteiger partial charge in [0.1, 0.15) is 11.5 Å². The molecule has 0 fully saturated rings. The molecule has 0 aromatic heterocycles. The van der Waals surface area contributed by atoms with Gasteiger partial charge in [-0.1, -0.05) is 30.3 Å². The molecule has 122 valence electrons. The van der Waals surface area contributed by atoms with Crippen LogP contribution in [-0.4, -0.2) is 26.0 Å². The molecule has 4 heteroatoms. The van der Waals surface area contributed by atoms with Crippen LogP contribution in [0.1, 0.15) is 42.6 Å². The summed E-state index contributed by atoms with van der Waals surface area (Å²) in [6, 6.07) is 12.3. The molecule has 2 aromatic rings. The molecular weight excluding hydrogens is 292 g/mol. The zero-order valence-corrected chi connectivity index (χ0v) is 13.3. The van der Waals surface area contributed by atoms with Crippen molar-refractivity contribution in [1.82, 2.24) is 0 Å². The van der Waals surface area contributed by atoms with Gasteiger partial charge in [0.05, 0.1) is 11.7 Å². The summed E-state index contributed by atoms with van der Waals surface area (Å²) in [5.74, 6) is -0.693. The van der Waals surface area contributed by atoms with Crippen LogP contribution in [0.15, 0.2) is 42.5 Å². The summed E-state index contributed by atoms with van der Waals surface area (Å²) < 4.78 is 0. The van der Waals surface area contributed by atoms with Crippen LogP contribution in [0.3, 0.4) is 0 Å². The van der Waals surface area contributed by atoms with E-state index in [9.17, 15) is 20.4 Å². The lowest BCUT2D eigenvalue weighted by molar-refractivity contribution is -0.0300. The van der Waals surface area contributed by atoms with E-state index in [1.807, 2.05) is 30.3 Å². The molecule has 1 aliphatic rings. The van der Waals surface area contributed by atoms with Crippen LogP contribution >= 0.6 is 0 Å². The molecule has 0 saturated carbocycles. The summed E-state index contributed by atoms with van der Waals surface area (Å²) in [6.07, 6.45) is -0.475. The molecular formula is C19H22O4. The number of aromatic hydroxyl groups is 2. The maximum absolute atomic E-state index is 10.9. The first kappa shape index (κ1) is 15.8. The van der Waals surface area contributed by atoms with Crippen molar-refractivity contribution in [1.29, 1.82) is 0 Å². The van der Waals surface area contributed by atoms with Crippen LogP contribution in [0.2, 0.25) is 0 Å². The molecule has 3 rings (SSSR count). The van der Waals surface area contributed by atoms with Crippen molar-refractivity contribution in [2.75, 3.05) is 0 Å². The van der Waals surface area contributed by atoms with Crippen LogP contribution in [0.25, 0.3) is 0 Å². The van der Waals surface area contributed by atoms with Gasteiger partial charge in [-0.2, -0.15) is 0 Å². The van der Waals surface area contributed by atoms with Crippen molar-refractivity contribution in [3.05, 3.63) is 59.2 Å². The molecule has 0 heterocycles. The van der Waals surface area contributed by atoms with Crippen LogP contribution < -0.4 is 0 Å². The van der Waals surface area contributed by atoms with E-state index in [-0.39, 0.29) is 23.3 Å². The molecule has 3 unspecified atom stereocenters. The number of phenolic OH excluding ortho intramolecular Hbond substituents is 2. The van der Waals surface area contributed by atoms with Gasteiger partial charge in [-0.05, 0) is 37.5 Å². The van der Waals surface area contributed by atoms with Crippen LogP contribution in [-0.2, 0) is 6.42 Å². The summed E-state index contributed by atoms with van der Waals surface area (Å²) in [7, 11) is 0. The first-order valence-corrected chi connectivity index (χ1v) is 7.79. The zero-order chi connectivity index (χ0) is 16.8. The third-order valence-electron chi connectivity index (χ3n) is 4.85. The second-order valence-electron chi connectivity index (χ2n) is 6.88. The van der Waals surface area contributed by atoms with Gasteiger partial charge in [-0.25, -0.2) is 0 Å². The van der Waals surface area contributed by atoms with Gasteiger partial charge < -0.3 is 20.4 Å². The normalized spacial score (nSPS) is 24.3. The Hall–Kier alpha value is -2.04. The Kier molecular flexibility index (Phi) is 3.82. The molecule has 2 aromatic carbocycles. The van der Waals surface area contributed by atoms with Crippen LogP contribution in [0, 0.1) is 5.92 Å². The van der Waals surface area contributed by atoms with E-state index in [0.717, 1.165) is 5.56 Å². The van der Waals surface area contributed by atoms with Gasteiger partial charge in [0.25, 0.3) is 0 Å². The largest absolute Gasteiger partial charge is 0.508 e. The van der Waals surface area contributed by atoms with Gasteiger partial charge in [-0.15, -0.1) is 0 Å². The van der Waals surface area contributed by atoms with Crippen LogP contribution in [0.4, 0.5) is 0 Å². The molecule has 0 radical (unpaired) electrons. The smallest absolute Gasteiger partial charge is 0.122 e. The number of aliphatic hydroxyl groups is 2. The Balaban J connectivity index is 2.17. The fourth-order valence-electron chi connectivity index (χ4n) is 3.69. The molecule has 23 heavy (non-hydrogen) atoms. The molecule has 4 nitrogen and oxygen atoms in total. The number of aliphatic hydroxyl groups excluding tert-OH is 1. The number of rotatable bonds is 2. The SMILES string of the molecule is CC(C)(O)C1Cc2c(O)cc(O)cc2C(O)C1c1ccccc1. The number of fused-ring (bicyclic) bond motifs is 1. The van der Waals surface area contributed by atoms with E-state index in [1.165, 1.54) is 12.1 Å². The minimum Gasteiger partial charge on any atom is -0.508 e. The number of benzene rings is 2. The zero-order valence-electron chi connectivity index (χ0n) is 13.3. The minimum absolute atomic E-state index is 0.0418. The molecule has 0 saturated heterocycles. The molecule has 4 N–H and O–H groups in total. The highest BCUT2D eigenvalue weighted by molar-refractivity contribution is 5.50. The first-order valence-electron chi connectivity index (χ1n) is 7.79. The molecule has 0 amide bonds. The highest BCUT2D eigenvalue weighted by atomic mass is 16.3. The van der Waals surface area contributed by atoms with Crippen molar-refractivity contribution in [3.63, 3.8) is 0 Å². The summed E-state index contributed by atoms with van der Waals surface area (Å²) in [5.41, 5.74) is 1.02. The van der Waals surface area contributed by atoms with Gasteiger partial charge in [0.15, 0.2) is 0 Å². The Morgan fingerprint density at radius 3 is 2.30 bits per heavy atom. The fraction of sp³-hybridized carbons (Fsp3) is 0.368. The maximum Gasteiger partial charge on any atom is 0.122 e. The lowest BCUT2D eigenvalue weighted by Crippen LogP contribution is -2.41. The van der Waals surface area contributed by atoms with E-state index < -0.39 is 11.7 Å². The summed E-state index contributed by atoms with van der Waals surface area (Å²) in [5, 5.41) is 41.4. The van der Waals surface area contributed by atoms with Gasteiger partial charge >= 0.3 is 0 Å². The second-order valence-corrected chi connectivity index (χ2v) is 6.88. The number of phenols is 2. The molecule has 0 bridgehead atoms. The van der Waals surface area contributed by atoms with Crippen molar-refractivity contribution < 1.29 is 20.4 Å². The third-order valence-corrected chi connectivity index (χ3v) is 4.85. The van der Waals surface area contributed by atoms with E-state index in [4.69, 9.17) is 0 Å². The second kappa shape index (κ2) is 5.55. The Bertz CT molecular complexity index is 703. The predicted octanol–water partition coefficient (Wildman–Crippen LogP) is 2.86. The van der Waals surface area contributed by atoms with E-state index in [1.54, 1.807) is 13.8 Å². The molecule has 1 aliphatic carbocycles. The lowest BCUT2D eigenvalue weighted by atomic mass is 9.65. The predicted molar refractivity (Wildman–Crippen MR) is 87.4 cm³/mol. The van der Waals surface area contributed by atoms with Crippen LogP contribution in [0.5, 0.6) is 11.5 Å². The average molecular weight is 314 g/mol. The summed E-state index contributed by atoms with van der Waals surface area (Å²) >= 11 is 0.